The van der Waals surface area contributed by atoms with Crippen molar-refractivity contribution >= 4 is 9.84 Å². The van der Waals surface area contributed by atoms with Crippen molar-refractivity contribution in [2.24, 2.45) is 0 Å². The van der Waals surface area contributed by atoms with Crippen LogP contribution in [0.1, 0.15) is 43.2 Å². The normalized spacial score (nSPS) is 26.8. The molecular weight excluding hydrogens is 372 g/mol. The Labute approximate surface area is 170 Å². The van der Waals surface area contributed by atoms with Crippen molar-refractivity contribution in [1.29, 1.82) is 0 Å². The average molecular weight is 409 g/mol. The molecule has 1 aliphatic carbocycles. The van der Waals surface area contributed by atoms with Gasteiger partial charge in [0.05, 0.1) is 23.7 Å². The highest BCUT2D eigenvalue weighted by Gasteiger charge is 2.43. The Hall–Kier alpha value is -0.950. The van der Waals surface area contributed by atoms with Gasteiger partial charge in [-0.05, 0) is 39.4 Å². The molecule has 1 aromatic rings. The van der Waals surface area contributed by atoms with E-state index in [9.17, 15) is 13.5 Å². The van der Waals surface area contributed by atoms with Crippen LogP contribution in [0.2, 0.25) is 0 Å². The minimum Gasteiger partial charge on any atom is -0.390 e. The molecule has 1 N–H and O–H groups in total. The van der Waals surface area contributed by atoms with E-state index in [1.54, 1.807) is 0 Å². The van der Waals surface area contributed by atoms with Gasteiger partial charge < -0.3 is 10.0 Å². The Balaban J connectivity index is 1.90. The van der Waals surface area contributed by atoms with E-state index < -0.39 is 15.9 Å². The molecule has 0 bridgehead atoms. The maximum atomic E-state index is 12.2. The highest BCUT2D eigenvalue weighted by Crippen LogP contribution is 2.41. The lowest BCUT2D eigenvalue weighted by Gasteiger charge is -2.44. The summed E-state index contributed by atoms with van der Waals surface area (Å²) in [6.07, 6.45) is 5.16. The highest BCUT2D eigenvalue weighted by molar-refractivity contribution is 7.91. The minimum absolute atomic E-state index is 0.0460. The monoisotopic (exact) mass is 408 g/mol. The molecule has 0 spiro atoms. The minimum atomic E-state index is -3.16. The van der Waals surface area contributed by atoms with Gasteiger partial charge in [0.15, 0.2) is 9.84 Å². The fraction of sp³-hybridized carbons (Fsp3) is 0.727. The van der Waals surface area contributed by atoms with Crippen molar-refractivity contribution in [3.8, 4) is 0 Å². The van der Waals surface area contributed by atoms with Crippen LogP contribution in [-0.4, -0.2) is 80.7 Å². The van der Waals surface area contributed by atoms with Crippen LogP contribution in [0.25, 0.3) is 0 Å². The van der Waals surface area contributed by atoms with Crippen molar-refractivity contribution < 1.29 is 13.5 Å². The van der Waals surface area contributed by atoms with Gasteiger partial charge in [-0.25, -0.2) is 8.42 Å². The Morgan fingerprint density at radius 3 is 2.21 bits per heavy atom. The number of hydrogen-bond donors (Lipinski definition) is 1. The molecule has 0 radical (unpaired) electrons. The van der Waals surface area contributed by atoms with Crippen molar-refractivity contribution in [2.75, 3.05) is 45.2 Å². The van der Waals surface area contributed by atoms with E-state index in [4.69, 9.17) is 0 Å². The van der Waals surface area contributed by atoms with Crippen LogP contribution < -0.4 is 0 Å². The summed E-state index contributed by atoms with van der Waals surface area (Å²) in [5.41, 5.74) is 2.67. The summed E-state index contributed by atoms with van der Waals surface area (Å²) in [6, 6.07) is 8.59. The molecule has 3 rings (SSSR count). The fourth-order valence-corrected chi connectivity index (χ4v) is 6.74. The molecule has 2 atom stereocenters. The maximum absolute atomic E-state index is 12.2. The zero-order valence-electron chi connectivity index (χ0n) is 17.6. The first kappa shape index (κ1) is 21.8. The topological polar surface area (TPSA) is 60.9 Å². The van der Waals surface area contributed by atoms with Crippen LogP contribution in [0.5, 0.6) is 0 Å². The first-order valence-electron chi connectivity index (χ1n) is 10.6. The largest absolute Gasteiger partial charge is 0.390 e. The molecule has 28 heavy (non-hydrogen) atoms. The standard InChI is InChI=1S/C22H36N2O3S/c1-18-7-9-19(10-8-18)22(11-5-4-6-12-22)17-24(14-13-23(2)3)20-15-28(26,27)16-21(20)25/h7-10,20-21,25H,4-6,11-17H2,1-3H3/t20-,21+/m0/s1. The molecule has 5 nitrogen and oxygen atoms in total. The van der Waals surface area contributed by atoms with E-state index in [0.717, 1.165) is 32.5 Å². The Morgan fingerprint density at radius 1 is 1.04 bits per heavy atom. The summed E-state index contributed by atoms with van der Waals surface area (Å²) in [5, 5.41) is 10.5. The van der Waals surface area contributed by atoms with Crippen molar-refractivity contribution in [3.05, 3.63) is 35.4 Å². The molecule has 1 saturated heterocycles. The fourth-order valence-electron chi connectivity index (χ4n) is 4.91. The van der Waals surface area contributed by atoms with Crippen LogP contribution in [0, 0.1) is 6.92 Å². The molecule has 158 valence electrons. The lowest BCUT2D eigenvalue weighted by atomic mass is 9.68. The number of sulfone groups is 1. The molecule has 0 amide bonds. The smallest absolute Gasteiger partial charge is 0.154 e. The third-order valence-corrected chi connectivity index (χ3v) is 8.28. The van der Waals surface area contributed by atoms with Crippen LogP contribution in [0.15, 0.2) is 24.3 Å². The van der Waals surface area contributed by atoms with Gasteiger partial charge in [0, 0.05) is 25.0 Å². The second kappa shape index (κ2) is 8.82. The van der Waals surface area contributed by atoms with E-state index >= 15 is 0 Å². The van der Waals surface area contributed by atoms with Gasteiger partial charge in [0.2, 0.25) is 0 Å². The average Bonchev–Trinajstić information content (AvgIpc) is 2.92. The number of nitrogens with zero attached hydrogens (tertiary/aromatic N) is 2. The van der Waals surface area contributed by atoms with E-state index in [2.05, 4.69) is 41.0 Å². The molecule has 2 aliphatic rings. The summed E-state index contributed by atoms with van der Waals surface area (Å²) < 4.78 is 24.4. The lowest BCUT2D eigenvalue weighted by Crippen LogP contribution is -2.52. The molecule has 1 heterocycles. The third kappa shape index (κ3) is 5.15. The molecule has 1 saturated carbocycles. The number of rotatable bonds is 7. The molecular formula is C22H36N2O3S. The Kier molecular flexibility index (Phi) is 6.85. The SMILES string of the molecule is Cc1ccc(C2(CN(CCN(C)C)[C@H]3CS(=O)(=O)C[C@H]3O)CCCCC2)cc1. The van der Waals surface area contributed by atoms with Gasteiger partial charge >= 0.3 is 0 Å². The maximum Gasteiger partial charge on any atom is 0.154 e. The Morgan fingerprint density at radius 2 is 1.68 bits per heavy atom. The van der Waals surface area contributed by atoms with Gasteiger partial charge in [-0.1, -0.05) is 49.1 Å². The summed E-state index contributed by atoms with van der Waals surface area (Å²) in [7, 11) is 0.912. The quantitative estimate of drug-likeness (QED) is 0.750. The second-order valence-corrected chi connectivity index (χ2v) is 11.3. The predicted molar refractivity (Wildman–Crippen MR) is 115 cm³/mol. The lowest BCUT2D eigenvalue weighted by molar-refractivity contribution is 0.0541. The molecule has 2 fully saturated rings. The molecule has 6 heteroatoms. The van der Waals surface area contributed by atoms with E-state index in [-0.39, 0.29) is 23.0 Å². The number of hydrogen-bond acceptors (Lipinski definition) is 5. The molecule has 0 unspecified atom stereocenters. The van der Waals surface area contributed by atoms with E-state index in [1.165, 1.54) is 30.4 Å². The van der Waals surface area contributed by atoms with E-state index in [0.29, 0.717) is 0 Å². The third-order valence-electron chi connectivity index (χ3n) is 6.58. The number of benzene rings is 1. The Bertz CT molecular complexity index is 740. The van der Waals surface area contributed by atoms with Gasteiger partial charge in [-0.2, -0.15) is 0 Å². The van der Waals surface area contributed by atoms with Gasteiger partial charge in [0.25, 0.3) is 0 Å². The molecule has 0 aromatic heterocycles. The molecule has 1 aromatic carbocycles. The zero-order chi connectivity index (χ0) is 20.4. The van der Waals surface area contributed by atoms with Crippen LogP contribution in [0.4, 0.5) is 0 Å². The number of aliphatic hydroxyl groups is 1. The first-order valence-corrected chi connectivity index (χ1v) is 12.4. The summed E-state index contributed by atoms with van der Waals surface area (Å²) in [6.45, 7) is 4.56. The summed E-state index contributed by atoms with van der Waals surface area (Å²) in [5.74, 6) is -0.0285. The second-order valence-electron chi connectivity index (χ2n) is 9.19. The van der Waals surface area contributed by atoms with Gasteiger partial charge in [-0.15, -0.1) is 0 Å². The summed E-state index contributed by atoms with van der Waals surface area (Å²) >= 11 is 0. The van der Waals surface area contributed by atoms with Crippen molar-refractivity contribution in [1.82, 2.24) is 9.80 Å². The number of aryl methyl sites for hydroxylation is 1. The van der Waals surface area contributed by atoms with Crippen LogP contribution in [-0.2, 0) is 15.3 Å². The van der Waals surface area contributed by atoms with E-state index in [1.807, 2.05) is 14.1 Å². The zero-order valence-corrected chi connectivity index (χ0v) is 18.4. The predicted octanol–water partition coefficient (Wildman–Crippen LogP) is 2.22. The van der Waals surface area contributed by atoms with Gasteiger partial charge in [-0.3, -0.25) is 4.90 Å². The van der Waals surface area contributed by atoms with Crippen molar-refractivity contribution in [2.45, 2.75) is 56.6 Å². The first-order chi connectivity index (χ1) is 13.2. The van der Waals surface area contributed by atoms with Crippen LogP contribution >= 0.6 is 0 Å². The number of likely N-dealkylation sites (N-methyl/N-ethyl adjacent to an activating group) is 1. The summed E-state index contributed by atoms with van der Waals surface area (Å²) in [4.78, 5) is 4.41. The van der Waals surface area contributed by atoms with Crippen LogP contribution in [0.3, 0.4) is 0 Å². The van der Waals surface area contributed by atoms with Crippen molar-refractivity contribution in [3.63, 3.8) is 0 Å². The van der Waals surface area contributed by atoms with Gasteiger partial charge in [0.1, 0.15) is 0 Å². The number of aliphatic hydroxyl groups excluding tert-OH is 1. The highest BCUT2D eigenvalue weighted by atomic mass is 32.2. The molecule has 1 aliphatic heterocycles.